The van der Waals surface area contributed by atoms with Crippen LogP contribution >= 0.6 is 0 Å². The molecule has 0 amide bonds. The summed E-state index contributed by atoms with van der Waals surface area (Å²) in [7, 11) is -10.4. The molecule has 0 aliphatic heterocycles. The number of hydrogen-bond donors (Lipinski definition) is 0. The van der Waals surface area contributed by atoms with Crippen molar-refractivity contribution in [3.8, 4) is 32.4 Å². The van der Waals surface area contributed by atoms with Crippen molar-refractivity contribution in [1.82, 2.24) is 0 Å². The molecule has 0 atom stereocenters. The van der Waals surface area contributed by atoms with Gasteiger partial charge in [0.05, 0.1) is 0 Å². The van der Waals surface area contributed by atoms with Gasteiger partial charge in [-0.25, -0.2) is 0 Å². The van der Waals surface area contributed by atoms with Crippen molar-refractivity contribution < 1.29 is 24.5 Å². The zero-order valence-electron chi connectivity index (χ0n) is 7.69. The average Bonchev–Trinajstić information content (AvgIpc) is 2.33. The van der Waals surface area contributed by atoms with E-state index < -0.39 is 9.14 Å². The van der Waals surface area contributed by atoms with Crippen molar-refractivity contribution in [2.75, 3.05) is 0 Å². The third-order valence-electron chi connectivity index (χ3n) is 1.63. The Morgan fingerprint density at radius 2 is 0.882 bits per heavy atom. The van der Waals surface area contributed by atoms with Gasteiger partial charge in [-0.05, 0) is 0 Å². The Hall–Kier alpha value is -3.34. The molecule has 85 valence electrons. The molecule has 0 aromatic carbocycles. The van der Waals surface area contributed by atoms with Crippen LogP contribution in [0.5, 0.6) is 0 Å². The fourth-order valence-corrected chi connectivity index (χ4v) is 2.02. The maximum atomic E-state index is 12.3. The van der Waals surface area contributed by atoms with Crippen molar-refractivity contribution in [3.05, 3.63) is 0 Å². The van der Waals surface area contributed by atoms with Crippen LogP contribution < -0.4 is 0 Å². The van der Waals surface area contributed by atoms with Crippen LogP contribution in [0.15, 0.2) is 0 Å². The molecule has 0 N–H and O–H groups in total. The summed E-state index contributed by atoms with van der Waals surface area (Å²) >= 11 is 0. The van der Waals surface area contributed by atoms with Gasteiger partial charge in [-0.15, -0.1) is 0 Å². The van der Waals surface area contributed by atoms with Crippen LogP contribution in [0.2, 0.25) is 0 Å². The summed E-state index contributed by atoms with van der Waals surface area (Å²) in [6.45, 7) is 0. The maximum absolute atomic E-state index is 12.3. The molecule has 11 heteroatoms. The van der Waals surface area contributed by atoms with Crippen LogP contribution in [0.4, 0.5) is 0 Å². The molecule has 0 fully saturated rings. The van der Waals surface area contributed by atoms with Gasteiger partial charge in [0.2, 0.25) is 0 Å². The summed E-state index contributed by atoms with van der Waals surface area (Å²) in [5, 5.41) is 50.9. The number of nitrogens with zero attached hydrogens (tertiary/aromatic N) is 6. The van der Waals surface area contributed by atoms with E-state index >= 15 is 0 Å². The van der Waals surface area contributed by atoms with E-state index in [2.05, 4.69) is 7.64 Å². The van der Waals surface area contributed by atoms with Crippen LogP contribution in [-0.4, -0.2) is 0 Å². The van der Waals surface area contributed by atoms with Gasteiger partial charge >= 0.3 is 88.4 Å². The number of hydrogen-bond acceptors (Lipinski definition) is 10. The predicted octanol–water partition coefficient (Wildman–Crippen LogP) is -0.276. The van der Waals surface area contributed by atoms with E-state index in [-0.39, 0.29) is 19.9 Å². The van der Waals surface area contributed by atoms with Gasteiger partial charge in [0.15, 0.2) is 0 Å². The Morgan fingerprint density at radius 1 is 0.647 bits per heavy atom. The second-order valence-electron chi connectivity index (χ2n) is 2.85. The van der Waals surface area contributed by atoms with E-state index in [0.717, 1.165) is 0 Å². The molecule has 0 spiro atoms. The summed E-state index contributed by atoms with van der Waals surface area (Å²) in [5.41, 5.74) is 0. The standard InChI is InChI=1S/2CHNO.4CN.Mn.2O/c2*2-1-3;4*1-2;;;/h2*3H;;;;;;;/q;;;;;;+2;;/p-2. The van der Waals surface area contributed by atoms with Crippen molar-refractivity contribution in [2.24, 2.45) is 0 Å². The van der Waals surface area contributed by atoms with Crippen LogP contribution in [0.25, 0.3) is 0 Å². The van der Waals surface area contributed by atoms with Crippen LogP contribution in [0, 0.1) is 64.0 Å². The normalized spacial score (nSPS) is 18.0. The zero-order chi connectivity index (χ0) is 14.0. The second-order valence-corrected chi connectivity index (χ2v) is 11.2. The van der Waals surface area contributed by atoms with Gasteiger partial charge in [-0.2, -0.15) is 0 Å². The molecule has 0 aliphatic carbocycles. The third kappa shape index (κ3) is 0.870. The fraction of sp³-hybridized carbons (Fsp3) is 0. The fourth-order valence-electron chi connectivity index (χ4n) is 0.490. The van der Waals surface area contributed by atoms with Gasteiger partial charge in [-0.1, -0.05) is 0 Å². The SMILES string of the molecule is N#C[O][Mn](=[O])(=[O])([C]#N)([C]#N)([C]#N)([C]#N)[O]C#N. The Bertz CT molecular complexity index is 832. The van der Waals surface area contributed by atoms with Gasteiger partial charge in [-0.3, -0.25) is 0 Å². The molecular formula is C6MnN6O4. The van der Waals surface area contributed by atoms with Crippen molar-refractivity contribution in [3.63, 3.8) is 0 Å². The molecule has 0 bridgehead atoms. The van der Waals surface area contributed by atoms with Gasteiger partial charge < -0.3 is 0 Å². The Labute approximate surface area is 88.9 Å². The quantitative estimate of drug-likeness (QED) is 0.477. The first-order chi connectivity index (χ1) is 7.45. The number of rotatable bonds is 2. The van der Waals surface area contributed by atoms with Gasteiger partial charge in [0.25, 0.3) is 0 Å². The van der Waals surface area contributed by atoms with Crippen LogP contribution in [0.3, 0.4) is 0 Å². The monoisotopic (exact) mass is 275 g/mol. The summed E-state index contributed by atoms with van der Waals surface area (Å²) in [6.07, 6.45) is 0.665. The van der Waals surface area contributed by atoms with Crippen LogP contribution in [0.1, 0.15) is 0 Å². The van der Waals surface area contributed by atoms with E-state index in [0.29, 0.717) is 12.5 Å². The number of nitriles is 6. The van der Waals surface area contributed by atoms with Crippen molar-refractivity contribution in [2.45, 2.75) is 0 Å². The molecule has 0 aromatic rings. The first-order valence-electron chi connectivity index (χ1n) is 3.12. The Morgan fingerprint density at radius 3 is 1.00 bits per heavy atom. The van der Waals surface area contributed by atoms with Gasteiger partial charge in [0.1, 0.15) is 0 Å². The molecule has 0 saturated carbocycles. The summed E-state index contributed by atoms with van der Waals surface area (Å²) in [4.78, 5) is 0.0224. The first kappa shape index (κ1) is 13.7. The molecule has 10 nitrogen and oxygen atoms in total. The van der Waals surface area contributed by atoms with Crippen molar-refractivity contribution in [1.29, 1.82) is 31.6 Å². The molecule has 0 saturated heterocycles. The van der Waals surface area contributed by atoms with E-state index in [9.17, 15) is 7.67 Å². The molecule has 0 aromatic heterocycles. The summed E-state index contributed by atoms with van der Waals surface area (Å²) in [5.74, 6) is 0. The summed E-state index contributed by atoms with van der Waals surface area (Å²) in [6, 6.07) is 0. The summed E-state index contributed by atoms with van der Waals surface area (Å²) < 4.78 is 31.2. The molecule has 0 unspecified atom stereocenters. The van der Waals surface area contributed by atoms with Crippen molar-refractivity contribution >= 4 is 0 Å². The van der Waals surface area contributed by atoms with Crippen LogP contribution in [-0.2, 0) is 24.5 Å². The zero-order valence-corrected chi connectivity index (χ0v) is 8.87. The minimum atomic E-state index is -10.4. The molecule has 0 radical (unpaired) electrons. The van der Waals surface area contributed by atoms with Gasteiger partial charge in [0, 0.05) is 0 Å². The Balaban J connectivity index is 8.21. The minimum absolute atomic E-state index is 0.00559. The van der Waals surface area contributed by atoms with E-state index in [1.165, 1.54) is 0 Å². The molecule has 0 rings (SSSR count). The molecule has 0 aliphatic rings. The molecule has 17 heavy (non-hydrogen) atoms. The van der Waals surface area contributed by atoms with E-state index in [1.807, 2.05) is 0 Å². The third-order valence-corrected chi connectivity index (χ3v) is 6.70. The topological polar surface area (TPSA) is 195 Å². The van der Waals surface area contributed by atoms with E-state index in [1.54, 1.807) is 0 Å². The molecular weight excluding hydrogens is 275 g/mol. The first-order valence-corrected chi connectivity index (χ1v) is 7.41. The average molecular weight is 275 g/mol. The molecule has 0 heterocycles. The predicted molar refractivity (Wildman–Crippen MR) is 37.2 cm³/mol. The Kier molecular flexibility index (Phi) is 1.30. The second kappa shape index (κ2) is 1.61. The van der Waals surface area contributed by atoms with E-state index in [4.69, 9.17) is 31.6 Å².